The quantitative estimate of drug-likeness (QED) is 0.229. The van der Waals surface area contributed by atoms with Gasteiger partial charge in [0.2, 0.25) is 0 Å². The summed E-state index contributed by atoms with van der Waals surface area (Å²) in [4.78, 5) is 28.2. The van der Waals surface area contributed by atoms with Crippen LogP contribution < -0.4 is 9.80 Å². The van der Waals surface area contributed by atoms with Crippen molar-refractivity contribution in [3.8, 4) is 17.2 Å². The molecular formula is C35H37F3N10O. The molecule has 7 heterocycles. The molecule has 2 unspecified atom stereocenters. The molecule has 0 bridgehead atoms. The van der Waals surface area contributed by atoms with Crippen LogP contribution in [0.5, 0.6) is 0 Å². The van der Waals surface area contributed by atoms with Crippen molar-refractivity contribution in [2.45, 2.75) is 51.7 Å². The average molecular weight is 671 g/mol. The molecule has 2 fully saturated rings. The van der Waals surface area contributed by atoms with E-state index in [1.165, 1.54) is 12.4 Å². The highest BCUT2D eigenvalue weighted by atomic mass is 19.4. The van der Waals surface area contributed by atoms with Crippen LogP contribution in [0, 0.1) is 22.7 Å². The number of hydrogen-bond donors (Lipinski definition) is 0. The fourth-order valence-electron chi connectivity index (χ4n) is 8.90. The van der Waals surface area contributed by atoms with E-state index in [0.717, 1.165) is 47.4 Å². The predicted octanol–water partition coefficient (Wildman–Crippen LogP) is 5.95. The Morgan fingerprint density at radius 2 is 1.92 bits per heavy atom. The lowest BCUT2D eigenvalue weighted by molar-refractivity contribution is -0.137. The van der Waals surface area contributed by atoms with Crippen LogP contribution in [-0.2, 0) is 19.6 Å². The molecule has 3 aliphatic heterocycles. The van der Waals surface area contributed by atoms with E-state index in [4.69, 9.17) is 0 Å². The van der Waals surface area contributed by atoms with Crippen molar-refractivity contribution in [2.24, 2.45) is 18.4 Å². The number of imidazole rings is 1. The molecule has 49 heavy (non-hydrogen) atoms. The minimum absolute atomic E-state index is 0.0508. The van der Waals surface area contributed by atoms with E-state index in [-0.39, 0.29) is 34.8 Å². The lowest BCUT2D eigenvalue weighted by atomic mass is 9.64. The van der Waals surface area contributed by atoms with Gasteiger partial charge in [0, 0.05) is 69.1 Å². The largest absolute Gasteiger partial charge is 0.417 e. The first-order valence-electron chi connectivity index (χ1n) is 16.7. The molecule has 254 valence electrons. The molecule has 11 nitrogen and oxygen atoms in total. The van der Waals surface area contributed by atoms with Crippen LogP contribution in [0.3, 0.4) is 0 Å². The SMILES string of the molecule is CC(C)C1N(C(=O)n2cnc(C#N)n2)CC12CCCCN(c1cc3c4c(cccn14)-c1c(C(F)(F)F)cc4c(ncn4C)c1N(C)CC3)C2. The number of hydrogen-bond acceptors (Lipinski definition) is 7. The zero-order chi connectivity index (χ0) is 34.4. The van der Waals surface area contributed by atoms with Crippen molar-refractivity contribution in [1.82, 2.24) is 33.6 Å². The molecule has 1 spiro atoms. The van der Waals surface area contributed by atoms with Crippen molar-refractivity contribution >= 4 is 34.1 Å². The second-order valence-electron chi connectivity index (χ2n) is 14.2. The first-order valence-corrected chi connectivity index (χ1v) is 16.7. The van der Waals surface area contributed by atoms with Gasteiger partial charge in [0.05, 0.1) is 28.6 Å². The van der Waals surface area contributed by atoms with E-state index < -0.39 is 11.7 Å². The maximum atomic E-state index is 14.9. The van der Waals surface area contributed by atoms with Crippen LogP contribution in [0.15, 0.2) is 43.1 Å². The number of nitriles is 1. The molecule has 3 aliphatic rings. The number of likely N-dealkylation sites (tertiary alicyclic amines) is 1. The minimum atomic E-state index is -4.58. The fourth-order valence-corrected chi connectivity index (χ4v) is 8.90. The van der Waals surface area contributed by atoms with E-state index in [9.17, 15) is 23.2 Å². The van der Waals surface area contributed by atoms with E-state index in [0.29, 0.717) is 48.3 Å². The number of likely N-dealkylation sites (N-methyl/N-ethyl adjacent to an activating group) is 1. The number of benzene rings is 1. The van der Waals surface area contributed by atoms with Crippen molar-refractivity contribution in [1.29, 1.82) is 5.26 Å². The number of anilines is 2. The predicted molar refractivity (Wildman–Crippen MR) is 178 cm³/mol. The van der Waals surface area contributed by atoms with E-state index >= 15 is 0 Å². The molecule has 5 aromatic rings. The topological polar surface area (TPSA) is 104 Å². The number of halogens is 3. The Morgan fingerprint density at radius 3 is 2.65 bits per heavy atom. The fraction of sp³-hybridized carbons (Fsp3) is 0.457. The number of carbonyl (C=O) groups excluding carboxylic acids is 1. The summed E-state index contributed by atoms with van der Waals surface area (Å²) >= 11 is 0. The smallest absolute Gasteiger partial charge is 0.372 e. The Balaban J connectivity index is 1.23. The first kappa shape index (κ1) is 31.2. The number of amides is 1. The number of carbonyl (C=O) groups is 1. The Labute approximate surface area is 281 Å². The van der Waals surface area contributed by atoms with Gasteiger partial charge < -0.3 is 23.7 Å². The highest BCUT2D eigenvalue weighted by Crippen LogP contribution is 2.51. The van der Waals surface area contributed by atoms with Gasteiger partial charge in [-0.2, -0.15) is 23.1 Å². The number of aryl methyl sites for hydroxylation is 1. The van der Waals surface area contributed by atoms with Crippen LogP contribution in [0.2, 0.25) is 0 Å². The Bertz CT molecular complexity index is 2170. The average Bonchev–Trinajstić information content (AvgIpc) is 3.73. The van der Waals surface area contributed by atoms with Gasteiger partial charge in [0.15, 0.2) is 0 Å². The zero-order valence-corrected chi connectivity index (χ0v) is 27.9. The van der Waals surface area contributed by atoms with Crippen LogP contribution in [-0.4, -0.2) is 78.9 Å². The van der Waals surface area contributed by atoms with Crippen LogP contribution >= 0.6 is 0 Å². The summed E-state index contributed by atoms with van der Waals surface area (Å²) < 4.78 is 49.7. The van der Waals surface area contributed by atoms with Gasteiger partial charge >= 0.3 is 12.2 Å². The molecule has 2 saturated heterocycles. The summed E-state index contributed by atoms with van der Waals surface area (Å²) in [5, 5.41) is 13.2. The Morgan fingerprint density at radius 1 is 1.10 bits per heavy atom. The molecule has 1 aromatic carbocycles. The number of aromatic nitrogens is 6. The highest BCUT2D eigenvalue weighted by molar-refractivity contribution is 6.04. The van der Waals surface area contributed by atoms with Gasteiger partial charge in [-0.15, -0.1) is 5.10 Å². The highest BCUT2D eigenvalue weighted by Gasteiger charge is 2.57. The van der Waals surface area contributed by atoms with Crippen LogP contribution in [0.4, 0.5) is 29.5 Å². The van der Waals surface area contributed by atoms with Gasteiger partial charge in [0.1, 0.15) is 23.7 Å². The summed E-state index contributed by atoms with van der Waals surface area (Å²) in [6.45, 7) is 6.82. The van der Waals surface area contributed by atoms with E-state index in [1.54, 1.807) is 24.0 Å². The summed E-state index contributed by atoms with van der Waals surface area (Å²) in [6, 6.07) is 8.57. The second kappa shape index (κ2) is 11.0. The second-order valence-corrected chi connectivity index (χ2v) is 14.2. The van der Waals surface area contributed by atoms with Crippen LogP contribution in [0.25, 0.3) is 27.7 Å². The first-order chi connectivity index (χ1) is 23.4. The third-order valence-corrected chi connectivity index (χ3v) is 10.8. The lowest BCUT2D eigenvalue weighted by Crippen LogP contribution is -2.71. The van der Waals surface area contributed by atoms with E-state index in [2.05, 4.69) is 44.3 Å². The Hall–Kier alpha value is -5.06. The minimum Gasteiger partial charge on any atom is -0.372 e. The number of fused-ring (bicyclic) bond motifs is 4. The molecule has 1 amide bonds. The molecule has 0 aliphatic carbocycles. The number of alkyl halides is 3. The third kappa shape index (κ3) is 4.69. The van der Waals surface area contributed by atoms with Gasteiger partial charge in [-0.3, -0.25) is 0 Å². The van der Waals surface area contributed by atoms with Crippen molar-refractivity contribution < 1.29 is 18.0 Å². The van der Waals surface area contributed by atoms with Crippen LogP contribution in [0.1, 0.15) is 50.1 Å². The lowest BCUT2D eigenvalue weighted by Gasteiger charge is -2.60. The molecule has 0 saturated carbocycles. The van der Waals surface area contributed by atoms with Crippen molar-refractivity contribution in [3.05, 3.63) is 60.1 Å². The molecule has 4 aromatic heterocycles. The third-order valence-electron chi connectivity index (χ3n) is 10.8. The molecule has 8 rings (SSSR count). The van der Waals surface area contributed by atoms with Crippen molar-refractivity contribution in [3.63, 3.8) is 0 Å². The summed E-state index contributed by atoms with van der Waals surface area (Å²) in [6.07, 6.45) is 3.80. The Kier molecular flexibility index (Phi) is 7.00. The molecular weight excluding hydrogens is 633 g/mol. The molecule has 0 N–H and O–H groups in total. The van der Waals surface area contributed by atoms with Gasteiger partial charge in [-0.25, -0.2) is 14.8 Å². The molecule has 14 heteroatoms. The maximum absolute atomic E-state index is 14.9. The number of rotatable bonds is 2. The summed E-state index contributed by atoms with van der Waals surface area (Å²) in [5.74, 6) is 1.06. The normalized spacial score (nSPS) is 21.1. The van der Waals surface area contributed by atoms with Crippen molar-refractivity contribution in [2.75, 3.05) is 43.0 Å². The molecule has 2 atom stereocenters. The maximum Gasteiger partial charge on any atom is 0.417 e. The standard InChI is InChI=1S/C35H37F3N10O/c1-21(2)32-34(18-47(32)33(49)48-20-40-26(16-39)42-48)10-5-6-11-45(17-34)27-14-22-9-13-43(3)31-28(23-8-7-12-46(27)30(22)23)24(35(36,37)38)15-25-29(31)41-19-44(25)4/h7-8,12,14-15,19-21,32H,5-6,9-11,13,17-18H2,1-4H3. The van der Waals surface area contributed by atoms with Gasteiger partial charge in [-0.05, 0) is 48.9 Å². The van der Waals surface area contributed by atoms with E-state index in [1.807, 2.05) is 35.2 Å². The van der Waals surface area contributed by atoms with Gasteiger partial charge in [-0.1, -0.05) is 26.3 Å². The summed E-state index contributed by atoms with van der Waals surface area (Å²) in [5.41, 5.74) is 3.12. The zero-order valence-electron chi connectivity index (χ0n) is 27.9. The number of nitrogens with zero attached hydrogens (tertiary/aromatic N) is 10. The number of pyridine rings is 1. The summed E-state index contributed by atoms with van der Waals surface area (Å²) in [7, 11) is 3.57. The molecule has 0 radical (unpaired) electrons. The monoisotopic (exact) mass is 670 g/mol. The van der Waals surface area contributed by atoms with Gasteiger partial charge in [0.25, 0.3) is 5.82 Å².